The maximum Gasteiger partial charge on any atom is 0.0849 e. The number of thiophene rings is 1. The molecule has 126 valence electrons. The third kappa shape index (κ3) is 2.75. The van der Waals surface area contributed by atoms with Crippen LogP contribution in [0.1, 0.15) is 36.8 Å². The highest BCUT2D eigenvalue weighted by molar-refractivity contribution is 7.19. The molecule has 0 amide bonds. The molecule has 0 aliphatic rings. The van der Waals surface area contributed by atoms with Crippen LogP contribution in [0.25, 0.3) is 32.2 Å². The molecule has 0 fully saturated rings. The topological polar surface area (TPSA) is 12.9 Å². The fourth-order valence-electron chi connectivity index (χ4n) is 3.45. The molecule has 0 bridgehead atoms. The van der Waals surface area contributed by atoms with Crippen LogP contribution in [0.15, 0.2) is 48.5 Å². The van der Waals surface area contributed by atoms with Crippen molar-refractivity contribution < 1.29 is 0 Å². The third-order valence-corrected chi connectivity index (χ3v) is 6.13. The number of pyridine rings is 1. The molecule has 1 nitrogen and oxygen atoms in total. The number of aryl methyl sites for hydroxylation is 2. The number of rotatable bonds is 1. The molecule has 0 aliphatic carbocycles. The Morgan fingerprint density at radius 1 is 0.920 bits per heavy atom. The number of hydrogen-bond acceptors (Lipinski definition) is 2. The molecule has 0 aliphatic heterocycles. The molecule has 0 saturated heterocycles. The van der Waals surface area contributed by atoms with Gasteiger partial charge in [-0.3, -0.25) is 0 Å². The Labute approximate surface area is 153 Å². The van der Waals surface area contributed by atoms with Gasteiger partial charge in [0.15, 0.2) is 0 Å². The average molecular weight is 346 g/mol. The van der Waals surface area contributed by atoms with E-state index < -0.39 is 0 Å². The molecule has 2 aromatic heterocycles. The summed E-state index contributed by atoms with van der Waals surface area (Å²) in [6.07, 6.45) is 0. The lowest BCUT2D eigenvalue weighted by Crippen LogP contribution is -2.12. The molecule has 2 heterocycles. The number of aromatic nitrogens is 1. The number of fused-ring (bicyclic) bond motifs is 2. The summed E-state index contributed by atoms with van der Waals surface area (Å²) in [7, 11) is 0. The fraction of sp³-hybridized carbons (Fsp3) is 0.261. The molecule has 4 rings (SSSR count). The molecule has 2 aromatic carbocycles. The lowest BCUT2D eigenvalue weighted by molar-refractivity contribution is 0.596. The van der Waals surface area contributed by atoms with Crippen molar-refractivity contribution in [2.24, 2.45) is 0 Å². The van der Waals surface area contributed by atoms with Crippen molar-refractivity contribution >= 4 is 32.3 Å². The summed E-state index contributed by atoms with van der Waals surface area (Å²) in [6, 6.07) is 17.6. The van der Waals surface area contributed by atoms with Gasteiger partial charge in [-0.2, -0.15) is 0 Å². The van der Waals surface area contributed by atoms with Crippen molar-refractivity contribution in [1.82, 2.24) is 4.98 Å². The van der Waals surface area contributed by atoms with E-state index in [2.05, 4.69) is 83.1 Å². The maximum absolute atomic E-state index is 5.01. The first kappa shape index (κ1) is 16.3. The molecule has 25 heavy (non-hydrogen) atoms. The van der Waals surface area contributed by atoms with Crippen LogP contribution in [0.4, 0.5) is 0 Å². The molecule has 0 radical (unpaired) electrons. The molecule has 0 atom stereocenters. The molecule has 0 spiro atoms. The van der Waals surface area contributed by atoms with E-state index in [0.717, 1.165) is 11.2 Å². The molecular formula is C23H23NS. The molecular weight excluding hydrogens is 322 g/mol. The first-order valence-corrected chi connectivity index (χ1v) is 9.56. The van der Waals surface area contributed by atoms with Gasteiger partial charge in [0, 0.05) is 10.4 Å². The van der Waals surface area contributed by atoms with Gasteiger partial charge < -0.3 is 0 Å². The lowest BCUT2D eigenvalue weighted by Gasteiger charge is -2.22. The fourth-order valence-corrected chi connectivity index (χ4v) is 4.46. The van der Waals surface area contributed by atoms with E-state index in [1.807, 2.05) is 11.3 Å². The zero-order valence-corrected chi connectivity index (χ0v) is 16.3. The second-order valence-electron chi connectivity index (χ2n) is 7.82. The van der Waals surface area contributed by atoms with E-state index >= 15 is 0 Å². The van der Waals surface area contributed by atoms with Gasteiger partial charge in [0.25, 0.3) is 0 Å². The minimum atomic E-state index is 0.0919. The number of nitrogens with zero attached hydrogens (tertiary/aromatic N) is 1. The minimum Gasteiger partial charge on any atom is -0.247 e. The van der Waals surface area contributed by atoms with Gasteiger partial charge >= 0.3 is 0 Å². The highest BCUT2D eigenvalue weighted by Crippen LogP contribution is 2.36. The van der Waals surface area contributed by atoms with Crippen LogP contribution in [0.5, 0.6) is 0 Å². The van der Waals surface area contributed by atoms with Crippen LogP contribution < -0.4 is 0 Å². The SMILES string of the molecule is Cc1sc2ccc(-c3cc(C(C)(C)C)c4ccccc4c3)nc2c1C. The monoisotopic (exact) mass is 345 g/mol. The van der Waals surface area contributed by atoms with E-state index in [4.69, 9.17) is 4.98 Å². The Balaban J connectivity index is 1.99. The van der Waals surface area contributed by atoms with E-state index in [-0.39, 0.29) is 5.41 Å². The van der Waals surface area contributed by atoms with Gasteiger partial charge in [0.1, 0.15) is 0 Å². The van der Waals surface area contributed by atoms with Gasteiger partial charge in [-0.15, -0.1) is 11.3 Å². The summed E-state index contributed by atoms with van der Waals surface area (Å²) in [5.41, 5.74) is 6.18. The predicted octanol–water partition coefficient (Wildman–Crippen LogP) is 7.03. The van der Waals surface area contributed by atoms with Crippen LogP contribution in [0, 0.1) is 13.8 Å². The van der Waals surface area contributed by atoms with Crippen LogP contribution >= 0.6 is 11.3 Å². The van der Waals surface area contributed by atoms with Gasteiger partial charge in [0.2, 0.25) is 0 Å². The zero-order chi connectivity index (χ0) is 17.8. The Morgan fingerprint density at radius 3 is 2.44 bits per heavy atom. The van der Waals surface area contributed by atoms with Gasteiger partial charge in [-0.1, -0.05) is 45.0 Å². The largest absolute Gasteiger partial charge is 0.247 e. The Kier molecular flexibility index (Phi) is 3.69. The molecule has 0 saturated carbocycles. The summed E-state index contributed by atoms with van der Waals surface area (Å²) in [4.78, 5) is 6.36. The Morgan fingerprint density at radius 2 is 1.68 bits per heavy atom. The third-order valence-electron chi connectivity index (χ3n) is 4.97. The van der Waals surface area contributed by atoms with E-state index in [1.54, 1.807) is 0 Å². The lowest BCUT2D eigenvalue weighted by atomic mass is 9.82. The van der Waals surface area contributed by atoms with Crippen LogP contribution in [0.2, 0.25) is 0 Å². The second-order valence-corrected chi connectivity index (χ2v) is 9.08. The number of hydrogen-bond donors (Lipinski definition) is 0. The molecule has 0 unspecified atom stereocenters. The highest BCUT2D eigenvalue weighted by Gasteiger charge is 2.19. The summed E-state index contributed by atoms with van der Waals surface area (Å²) in [5, 5.41) is 2.62. The van der Waals surface area contributed by atoms with Crippen LogP contribution in [-0.4, -0.2) is 4.98 Å². The van der Waals surface area contributed by atoms with Crippen LogP contribution in [-0.2, 0) is 5.41 Å². The standard InChI is InChI=1S/C23H23NS/c1-14-15(2)25-21-11-10-20(24-22(14)21)17-12-16-8-6-7-9-18(16)19(13-17)23(3,4)5/h6-13H,1-5H3. The van der Waals surface area contributed by atoms with Crippen LogP contribution in [0.3, 0.4) is 0 Å². The summed E-state index contributed by atoms with van der Waals surface area (Å²) in [5.74, 6) is 0. The minimum absolute atomic E-state index is 0.0919. The highest BCUT2D eigenvalue weighted by atomic mass is 32.1. The maximum atomic E-state index is 5.01. The van der Waals surface area contributed by atoms with Crippen molar-refractivity contribution in [3.8, 4) is 11.3 Å². The quantitative estimate of drug-likeness (QED) is 0.361. The number of benzene rings is 2. The molecule has 4 aromatic rings. The van der Waals surface area contributed by atoms with E-state index in [9.17, 15) is 0 Å². The zero-order valence-electron chi connectivity index (χ0n) is 15.5. The molecule has 0 N–H and O–H groups in total. The first-order valence-electron chi connectivity index (χ1n) is 8.75. The summed E-state index contributed by atoms with van der Waals surface area (Å²) >= 11 is 1.83. The summed E-state index contributed by atoms with van der Waals surface area (Å²) in [6.45, 7) is 11.2. The predicted molar refractivity (Wildman–Crippen MR) is 111 cm³/mol. The first-order chi connectivity index (χ1) is 11.8. The van der Waals surface area contributed by atoms with Crippen molar-refractivity contribution in [1.29, 1.82) is 0 Å². The average Bonchev–Trinajstić information content (AvgIpc) is 2.87. The van der Waals surface area contributed by atoms with Crippen molar-refractivity contribution in [2.75, 3.05) is 0 Å². The summed E-state index contributed by atoms with van der Waals surface area (Å²) < 4.78 is 1.27. The van der Waals surface area contributed by atoms with Gasteiger partial charge in [0.05, 0.1) is 15.9 Å². The normalized spacial score (nSPS) is 12.2. The van der Waals surface area contributed by atoms with Gasteiger partial charge in [-0.05, 0) is 65.4 Å². The Bertz CT molecular complexity index is 1100. The van der Waals surface area contributed by atoms with E-state index in [0.29, 0.717) is 0 Å². The van der Waals surface area contributed by atoms with E-state index in [1.165, 1.54) is 37.0 Å². The van der Waals surface area contributed by atoms with Crippen molar-refractivity contribution in [3.63, 3.8) is 0 Å². The van der Waals surface area contributed by atoms with Gasteiger partial charge in [-0.25, -0.2) is 4.98 Å². The molecule has 2 heteroatoms. The van der Waals surface area contributed by atoms with Crippen molar-refractivity contribution in [2.45, 2.75) is 40.0 Å². The Hall–Kier alpha value is -2.19. The smallest absolute Gasteiger partial charge is 0.0849 e. The van der Waals surface area contributed by atoms with Crippen molar-refractivity contribution in [3.05, 3.63) is 64.5 Å². The second kappa shape index (κ2) is 5.67.